The molecular formula is C10H14N4OS. The summed E-state index contributed by atoms with van der Waals surface area (Å²) < 4.78 is 1.98. The van der Waals surface area contributed by atoms with Gasteiger partial charge in [-0.3, -0.25) is 9.20 Å². The van der Waals surface area contributed by atoms with Crippen LogP contribution in [-0.4, -0.2) is 40.8 Å². The molecule has 0 unspecified atom stereocenters. The van der Waals surface area contributed by atoms with Crippen molar-refractivity contribution in [1.82, 2.24) is 19.6 Å². The molecule has 0 atom stereocenters. The minimum absolute atomic E-state index is 0.0704. The first-order chi connectivity index (χ1) is 7.66. The van der Waals surface area contributed by atoms with Crippen molar-refractivity contribution >= 4 is 22.2 Å². The van der Waals surface area contributed by atoms with Crippen LogP contribution in [0.4, 0.5) is 0 Å². The molecule has 0 bridgehead atoms. The van der Waals surface area contributed by atoms with Gasteiger partial charge < -0.3 is 10.2 Å². The summed E-state index contributed by atoms with van der Waals surface area (Å²) in [6.45, 7) is 0.964. The van der Waals surface area contributed by atoms with Crippen LogP contribution in [-0.2, 0) is 11.3 Å². The van der Waals surface area contributed by atoms with Crippen LogP contribution in [0.1, 0.15) is 5.69 Å². The third kappa shape index (κ3) is 2.40. The summed E-state index contributed by atoms with van der Waals surface area (Å²) in [5.74, 6) is 0.0704. The van der Waals surface area contributed by atoms with Crippen LogP contribution in [0.5, 0.6) is 0 Å². The molecule has 0 aliphatic carbocycles. The molecule has 0 spiro atoms. The number of rotatable bonds is 4. The van der Waals surface area contributed by atoms with Crippen LogP contribution >= 0.6 is 11.3 Å². The van der Waals surface area contributed by atoms with E-state index in [0.29, 0.717) is 13.1 Å². The Kier molecular flexibility index (Phi) is 3.21. The maximum absolute atomic E-state index is 11.3. The van der Waals surface area contributed by atoms with Crippen LogP contribution in [0, 0.1) is 0 Å². The summed E-state index contributed by atoms with van der Waals surface area (Å²) in [5, 5.41) is 5.07. The van der Waals surface area contributed by atoms with E-state index in [1.807, 2.05) is 22.2 Å². The molecule has 0 aliphatic heterocycles. The third-order valence-corrected chi connectivity index (χ3v) is 3.00. The van der Waals surface area contributed by atoms with Gasteiger partial charge in [-0.05, 0) is 0 Å². The number of aromatic nitrogens is 2. The molecule has 1 N–H and O–H groups in total. The number of hydrogen-bond acceptors (Lipinski definition) is 4. The van der Waals surface area contributed by atoms with E-state index in [0.717, 1.165) is 10.7 Å². The topological polar surface area (TPSA) is 49.6 Å². The minimum Gasteiger partial charge on any atom is -0.348 e. The molecule has 0 saturated carbocycles. The summed E-state index contributed by atoms with van der Waals surface area (Å²) in [6.07, 6.45) is 3.94. The lowest BCUT2D eigenvalue weighted by atomic mass is 10.4. The first-order valence-corrected chi connectivity index (χ1v) is 5.87. The number of amides is 1. The normalized spacial score (nSPS) is 10.9. The standard InChI is InChI=1S/C10H14N4OS/c1-13(2)9(15)6-11-5-8-7-14-3-4-16-10(14)12-8/h3-4,7,11H,5-6H2,1-2H3. The zero-order valence-corrected chi connectivity index (χ0v) is 10.1. The molecule has 2 heterocycles. The molecule has 16 heavy (non-hydrogen) atoms. The fraction of sp³-hybridized carbons (Fsp3) is 0.400. The van der Waals surface area contributed by atoms with E-state index in [2.05, 4.69) is 10.3 Å². The molecule has 86 valence electrons. The highest BCUT2D eigenvalue weighted by Gasteiger charge is 2.05. The Labute approximate surface area is 97.7 Å². The monoisotopic (exact) mass is 238 g/mol. The predicted molar refractivity (Wildman–Crippen MR) is 63.5 cm³/mol. The van der Waals surface area contributed by atoms with Gasteiger partial charge in [-0.2, -0.15) is 0 Å². The van der Waals surface area contributed by atoms with Crippen molar-refractivity contribution in [2.24, 2.45) is 0 Å². The molecule has 0 radical (unpaired) electrons. The number of carbonyl (C=O) groups is 1. The van der Waals surface area contributed by atoms with E-state index in [-0.39, 0.29) is 5.91 Å². The van der Waals surface area contributed by atoms with Crippen molar-refractivity contribution < 1.29 is 4.79 Å². The molecule has 2 rings (SSSR count). The van der Waals surface area contributed by atoms with Crippen molar-refractivity contribution in [3.05, 3.63) is 23.5 Å². The number of fused-ring (bicyclic) bond motifs is 1. The Hall–Kier alpha value is -1.40. The van der Waals surface area contributed by atoms with Gasteiger partial charge in [0.15, 0.2) is 4.96 Å². The number of thiazole rings is 1. The summed E-state index contributed by atoms with van der Waals surface area (Å²) in [6, 6.07) is 0. The first-order valence-electron chi connectivity index (χ1n) is 4.99. The van der Waals surface area contributed by atoms with Gasteiger partial charge >= 0.3 is 0 Å². The van der Waals surface area contributed by atoms with Crippen LogP contribution in [0.3, 0.4) is 0 Å². The van der Waals surface area contributed by atoms with E-state index in [1.165, 1.54) is 0 Å². The zero-order chi connectivity index (χ0) is 11.5. The fourth-order valence-electron chi connectivity index (χ4n) is 1.32. The average molecular weight is 238 g/mol. The highest BCUT2D eigenvalue weighted by Crippen LogP contribution is 2.10. The van der Waals surface area contributed by atoms with Crippen molar-refractivity contribution in [2.75, 3.05) is 20.6 Å². The fourth-order valence-corrected chi connectivity index (χ4v) is 2.04. The van der Waals surface area contributed by atoms with E-state index in [1.54, 1.807) is 30.3 Å². The number of nitrogens with one attached hydrogen (secondary N) is 1. The Morgan fingerprint density at radius 2 is 2.44 bits per heavy atom. The van der Waals surface area contributed by atoms with Gasteiger partial charge in [-0.25, -0.2) is 4.98 Å². The number of hydrogen-bond donors (Lipinski definition) is 1. The van der Waals surface area contributed by atoms with Gasteiger partial charge in [-0.15, -0.1) is 11.3 Å². The molecule has 5 nitrogen and oxygen atoms in total. The average Bonchev–Trinajstić information content (AvgIpc) is 2.77. The first kappa shape index (κ1) is 11.1. The van der Waals surface area contributed by atoms with Gasteiger partial charge in [-0.1, -0.05) is 0 Å². The van der Waals surface area contributed by atoms with Gasteiger partial charge in [0.1, 0.15) is 0 Å². The van der Waals surface area contributed by atoms with Crippen LogP contribution < -0.4 is 5.32 Å². The molecule has 0 aliphatic rings. The van der Waals surface area contributed by atoms with Crippen molar-refractivity contribution in [1.29, 1.82) is 0 Å². The number of imidazole rings is 1. The quantitative estimate of drug-likeness (QED) is 0.847. The Morgan fingerprint density at radius 1 is 1.62 bits per heavy atom. The summed E-state index contributed by atoms with van der Waals surface area (Å²) >= 11 is 1.60. The lowest BCUT2D eigenvalue weighted by Crippen LogP contribution is -2.32. The van der Waals surface area contributed by atoms with Crippen LogP contribution in [0.2, 0.25) is 0 Å². The Balaban J connectivity index is 1.86. The van der Waals surface area contributed by atoms with Gasteiger partial charge in [0, 0.05) is 38.4 Å². The predicted octanol–water partition coefficient (Wildman–Crippen LogP) is 0.574. The SMILES string of the molecule is CN(C)C(=O)CNCc1cn2ccsc2n1. The molecule has 0 saturated heterocycles. The second kappa shape index (κ2) is 4.63. The smallest absolute Gasteiger partial charge is 0.236 e. The van der Waals surface area contributed by atoms with Gasteiger partial charge in [0.2, 0.25) is 5.91 Å². The maximum Gasteiger partial charge on any atom is 0.236 e. The molecular weight excluding hydrogens is 224 g/mol. The number of carbonyl (C=O) groups excluding carboxylic acids is 1. The third-order valence-electron chi connectivity index (χ3n) is 2.22. The highest BCUT2D eigenvalue weighted by atomic mass is 32.1. The highest BCUT2D eigenvalue weighted by molar-refractivity contribution is 7.15. The van der Waals surface area contributed by atoms with Crippen molar-refractivity contribution in [3.8, 4) is 0 Å². The molecule has 6 heteroatoms. The number of likely N-dealkylation sites (N-methyl/N-ethyl adjacent to an activating group) is 1. The van der Waals surface area contributed by atoms with E-state index >= 15 is 0 Å². The minimum atomic E-state index is 0.0704. The van der Waals surface area contributed by atoms with E-state index in [4.69, 9.17) is 0 Å². The molecule has 1 amide bonds. The van der Waals surface area contributed by atoms with Crippen molar-refractivity contribution in [3.63, 3.8) is 0 Å². The lowest BCUT2D eigenvalue weighted by molar-refractivity contribution is -0.127. The molecule has 0 fully saturated rings. The summed E-state index contributed by atoms with van der Waals surface area (Å²) in [5.41, 5.74) is 0.957. The van der Waals surface area contributed by atoms with Crippen LogP contribution in [0.15, 0.2) is 17.8 Å². The summed E-state index contributed by atoms with van der Waals surface area (Å²) in [4.78, 5) is 18.3. The number of nitrogens with zero attached hydrogens (tertiary/aromatic N) is 3. The summed E-state index contributed by atoms with van der Waals surface area (Å²) in [7, 11) is 3.49. The van der Waals surface area contributed by atoms with Gasteiger partial charge in [0.25, 0.3) is 0 Å². The molecule has 2 aromatic rings. The van der Waals surface area contributed by atoms with Gasteiger partial charge in [0.05, 0.1) is 12.2 Å². The van der Waals surface area contributed by atoms with Crippen LogP contribution in [0.25, 0.3) is 4.96 Å². The zero-order valence-electron chi connectivity index (χ0n) is 9.30. The Morgan fingerprint density at radius 3 is 3.12 bits per heavy atom. The van der Waals surface area contributed by atoms with E-state index < -0.39 is 0 Å². The maximum atomic E-state index is 11.3. The lowest BCUT2D eigenvalue weighted by Gasteiger charge is -2.09. The largest absolute Gasteiger partial charge is 0.348 e. The molecule has 0 aromatic carbocycles. The van der Waals surface area contributed by atoms with Crippen molar-refractivity contribution in [2.45, 2.75) is 6.54 Å². The second-order valence-electron chi connectivity index (χ2n) is 3.72. The Bertz CT molecular complexity index is 459. The van der Waals surface area contributed by atoms with E-state index in [9.17, 15) is 4.79 Å². The molecule has 2 aromatic heterocycles. The second-order valence-corrected chi connectivity index (χ2v) is 4.59.